The molecule has 13 heavy (non-hydrogen) atoms. The van der Waals surface area contributed by atoms with Crippen LogP contribution in [0.2, 0.25) is 0 Å². The molecule has 70 valence electrons. The van der Waals surface area contributed by atoms with E-state index in [0.29, 0.717) is 6.04 Å². The molecule has 2 nitrogen and oxygen atoms in total. The molecule has 0 radical (unpaired) electrons. The second-order valence-corrected chi connectivity index (χ2v) is 3.72. The van der Waals surface area contributed by atoms with E-state index < -0.39 is 0 Å². The molecule has 0 aromatic heterocycles. The maximum atomic E-state index is 10.5. The second-order valence-electron chi connectivity index (χ2n) is 3.72. The third kappa shape index (κ3) is 1.89. The lowest BCUT2D eigenvalue weighted by Gasteiger charge is -2.28. The number of carbonyl (C=O) groups excluding carboxylic acids is 1. The second kappa shape index (κ2) is 3.88. The fraction of sp³-hybridized carbons (Fsp3) is 0.545. The van der Waals surface area contributed by atoms with Crippen molar-refractivity contribution in [1.82, 2.24) is 4.90 Å². The minimum absolute atomic E-state index is 0.519. The summed E-state index contributed by atoms with van der Waals surface area (Å²) in [6, 6.07) is 0.519. The van der Waals surface area contributed by atoms with Crippen molar-refractivity contribution in [3.05, 3.63) is 23.8 Å². The summed E-state index contributed by atoms with van der Waals surface area (Å²) >= 11 is 0. The summed E-state index contributed by atoms with van der Waals surface area (Å²) in [4.78, 5) is 13.0. The molecule has 0 aromatic rings. The average molecular weight is 177 g/mol. The van der Waals surface area contributed by atoms with Crippen molar-refractivity contribution in [2.45, 2.75) is 25.3 Å². The third-order valence-corrected chi connectivity index (χ3v) is 2.85. The van der Waals surface area contributed by atoms with Gasteiger partial charge in [-0.1, -0.05) is 18.2 Å². The average Bonchev–Trinajstić information content (AvgIpc) is 2.67. The Kier molecular flexibility index (Phi) is 2.60. The Bertz CT molecular complexity index is 255. The SMILES string of the molecule is O=CC1=CC(N2CC=CCC2)CC1. The molecule has 0 saturated carbocycles. The van der Waals surface area contributed by atoms with Crippen LogP contribution in [0.5, 0.6) is 0 Å². The Hall–Kier alpha value is -0.890. The number of hydrogen-bond acceptors (Lipinski definition) is 2. The minimum Gasteiger partial charge on any atom is -0.298 e. The van der Waals surface area contributed by atoms with Crippen molar-refractivity contribution >= 4 is 6.29 Å². The molecule has 2 aliphatic rings. The van der Waals surface area contributed by atoms with E-state index in [-0.39, 0.29) is 0 Å². The Labute approximate surface area is 78.9 Å². The van der Waals surface area contributed by atoms with Crippen LogP contribution in [0.25, 0.3) is 0 Å². The van der Waals surface area contributed by atoms with Crippen molar-refractivity contribution in [2.24, 2.45) is 0 Å². The van der Waals surface area contributed by atoms with Crippen LogP contribution in [0.1, 0.15) is 19.3 Å². The van der Waals surface area contributed by atoms with E-state index in [2.05, 4.69) is 23.1 Å². The van der Waals surface area contributed by atoms with Gasteiger partial charge in [0.1, 0.15) is 6.29 Å². The highest BCUT2D eigenvalue weighted by atomic mass is 16.1. The van der Waals surface area contributed by atoms with Crippen molar-refractivity contribution in [2.75, 3.05) is 13.1 Å². The molecule has 1 unspecified atom stereocenters. The van der Waals surface area contributed by atoms with Gasteiger partial charge >= 0.3 is 0 Å². The zero-order chi connectivity index (χ0) is 9.10. The van der Waals surface area contributed by atoms with Gasteiger partial charge in [-0.3, -0.25) is 9.69 Å². The van der Waals surface area contributed by atoms with E-state index in [1.165, 1.54) is 0 Å². The summed E-state index contributed by atoms with van der Waals surface area (Å²) in [5.41, 5.74) is 0.986. The van der Waals surface area contributed by atoms with Crippen LogP contribution in [0.15, 0.2) is 23.8 Å². The molecule has 1 aliphatic carbocycles. The standard InChI is InChI=1S/C11H15NO/c13-9-10-4-5-11(8-10)12-6-2-1-3-7-12/h1-2,8-9,11H,3-7H2. The van der Waals surface area contributed by atoms with Crippen molar-refractivity contribution < 1.29 is 4.79 Å². The number of nitrogens with zero attached hydrogens (tertiary/aromatic N) is 1. The van der Waals surface area contributed by atoms with Gasteiger partial charge in [-0.05, 0) is 24.8 Å². The van der Waals surface area contributed by atoms with Crippen LogP contribution in [-0.4, -0.2) is 30.3 Å². The smallest absolute Gasteiger partial charge is 0.145 e. The number of aldehydes is 1. The van der Waals surface area contributed by atoms with Crippen LogP contribution in [-0.2, 0) is 4.79 Å². The molecule has 0 saturated heterocycles. The molecule has 0 aromatic carbocycles. The van der Waals surface area contributed by atoms with E-state index in [0.717, 1.165) is 44.2 Å². The predicted octanol–water partition coefficient (Wildman–Crippen LogP) is 1.54. The van der Waals surface area contributed by atoms with Crippen LogP contribution in [0, 0.1) is 0 Å². The molecule has 0 fully saturated rings. The molecule has 2 rings (SSSR count). The van der Waals surface area contributed by atoms with E-state index in [9.17, 15) is 4.79 Å². The minimum atomic E-state index is 0.519. The summed E-state index contributed by atoms with van der Waals surface area (Å²) in [6.07, 6.45) is 10.8. The lowest BCUT2D eigenvalue weighted by molar-refractivity contribution is -0.105. The van der Waals surface area contributed by atoms with E-state index >= 15 is 0 Å². The number of hydrogen-bond donors (Lipinski definition) is 0. The third-order valence-electron chi connectivity index (χ3n) is 2.85. The van der Waals surface area contributed by atoms with E-state index in [1.807, 2.05) is 0 Å². The first kappa shape index (κ1) is 8.70. The van der Waals surface area contributed by atoms with Gasteiger partial charge in [-0.25, -0.2) is 0 Å². The summed E-state index contributed by atoms with van der Waals surface area (Å²) in [5, 5.41) is 0. The fourth-order valence-electron chi connectivity index (χ4n) is 2.08. The van der Waals surface area contributed by atoms with Gasteiger partial charge in [0, 0.05) is 19.1 Å². The highest BCUT2D eigenvalue weighted by Crippen LogP contribution is 2.22. The van der Waals surface area contributed by atoms with Gasteiger partial charge in [0.25, 0.3) is 0 Å². The first-order valence-corrected chi connectivity index (χ1v) is 4.95. The Balaban J connectivity index is 1.98. The van der Waals surface area contributed by atoms with Gasteiger partial charge < -0.3 is 0 Å². The van der Waals surface area contributed by atoms with Crippen LogP contribution in [0.3, 0.4) is 0 Å². The van der Waals surface area contributed by atoms with Crippen molar-refractivity contribution in [1.29, 1.82) is 0 Å². The molecule has 0 bridgehead atoms. The molecule has 2 heteroatoms. The van der Waals surface area contributed by atoms with Crippen LogP contribution >= 0.6 is 0 Å². The largest absolute Gasteiger partial charge is 0.298 e. The van der Waals surface area contributed by atoms with Gasteiger partial charge in [0.05, 0.1) is 0 Å². The Morgan fingerprint density at radius 1 is 1.46 bits per heavy atom. The van der Waals surface area contributed by atoms with Crippen LogP contribution in [0.4, 0.5) is 0 Å². The summed E-state index contributed by atoms with van der Waals surface area (Å²) < 4.78 is 0. The highest BCUT2D eigenvalue weighted by Gasteiger charge is 2.21. The summed E-state index contributed by atoms with van der Waals surface area (Å²) in [6.45, 7) is 2.19. The molecule has 0 N–H and O–H groups in total. The van der Waals surface area contributed by atoms with Crippen molar-refractivity contribution in [3.8, 4) is 0 Å². The molecule has 1 atom stereocenters. The first-order valence-electron chi connectivity index (χ1n) is 4.95. The molecule has 0 amide bonds. The molecule has 0 spiro atoms. The summed E-state index contributed by atoms with van der Waals surface area (Å²) in [5.74, 6) is 0. The Morgan fingerprint density at radius 2 is 2.38 bits per heavy atom. The quantitative estimate of drug-likeness (QED) is 0.471. The zero-order valence-corrected chi connectivity index (χ0v) is 7.78. The number of rotatable bonds is 2. The van der Waals surface area contributed by atoms with E-state index in [4.69, 9.17) is 0 Å². The monoisotopic (exact) mass is 177 g/mol. The molecular formula is C11H15NO. The number of carbonyl (C=O) groups is 1. The normalized spacial score (nSPS) is 28.9. The first-order chi connectivity index (χ1) is 6.40. The fourth-order valence-corrected chi connectivity index (χ4v) is 2.08. The molecule has 1 heterocycles. The van der Waals surface area contributed by atoms with E-state index in [1.54, 1.807) is 0 Å². The highest BCUT2D eigenvalue weighted by molar-refractivity contribution is 5.74. The van der Waals surface area contributed by atoms with Gasteiger partial charge in [0.2, 0.25) is 0 Å². The zero-order valence-electron chi connectivity index (χ0n) is 7.78. The van der Waals surface area contributed by atoms with Gasteiger partial charge in [0.15, 0.2) is 0 Å². The maximum Gasteiger partial charge on any atom is 0.145 e. The van der Waals surface area contributed by atoms with Crippen molar-refractivity contribution in [3.63, 3.8) is 0 Å². The molecular weight excluding hydrogens is 162 g/mol. The molecule has 1 aliphatic heterocycles. The summed E-state index contributed by atoms with van der Waals surface area (Å²) in [7, 11) is 0. The topological polar surface area (TPSA) is 20.3 Å². The number of allylic oxidation sites excluding steroid dienone is 1. The lowest BCUT2D eigenvalue weighted by Crippen LogP contribution is -2.35. The maximum absolute atomic E-state index is 10.5. The predicted molar refractivity (Wildman–Crippen MR) is 52.5 cm³/mol. The van der Waals surface area contributed by atoms with Crippen LogP contribution < -0.4 is 0 Å². The lowest BCUT2D eigenvalue weighted by atomic mass is 10.1. The van der Waals surface area contributed by atoms with Gasteiger partial charge in [-0.2, -0.15) is 0 Å². The Morgan fingerprint density at radius 3 is 3.00 bits per heavy atom. The van der Waals surface area contributed by atoms with Gasteiger partial charge in [-0.15, -0.1) is 0 Å².